The summed E-state index contributed by atoms with van der Waals surface area (Å²) in [6, 6.07) is 14.1. The zero-order valence-electron chi connectivity index (χ0n) is 18.1. The van der Waals surface area contributed by atoms with Crippen LogP contribution in [0.2, 0.25) is 0 Å². The molecule has 0 N–H and O–H groups in total. The van der Waals surface area contributed by atoms with Gasteiger partial charge in [0.2, 0.25) is 0 Å². The van der Waals surface area contributed by atoms with Crippen molar-refractivity contribution in [1.82, 2.24) is 0 Å². The van der Waals surface area contributed by atoms with Crippen LogP contribution in [0, 0.1) is 6.92 Å². The molecule has 0 saturated heterocycles. The smallest absolute Gasteiger partial charge is 0.122 e. The standard InChI is InChI=1S/C26H31NO2/c1-19(2)28-25-12-9-23(10-13-25)15-17-27-16-7-8-21(5)24-11-14-26(22(6)18-24)29-20(3)4/h7-20H,5H2,1-4,6H3/b8-7-,17-15+,27-16-. The van der Waals surface area contributed by atoms with Gasteiger partial charge in [0.05, 0.1) is 12.2 Å². The first-order chi connectivity index (χ1) is 13.8. The van der Waals surface area contributed by atoms with Crippen LogP contribution in [0.1, 0.15) is 44.4 Å². The summed E-state index contributed by atoms with van der Waals surface area (Å²) in [4.78, 5) is 4.28. The Morgan fingerprint density at radius 1 is 0.966 bits per heavy atom. The Kier molecular flexibility index (Phi) is 8.47. The van der Waals surface area contributed by atoms with E-state index in [0.717, 1.165) is 33.8 Å². The average Bonchev–Trinajstić information content (AvgIpc) is 2.66. The van der Waals surface area contributed by atoms with Gasteiger partial charge < -0.3 is 9.47 Å². The average molecular weight is 390 g/mol. The Labute approximate surface area is 175 Å². The molecule has 0 spiro atoms. The van der Waals surface area contributed by atoms with E-state index in [2.05, 4.69) is 17.6 Å². The van der Waals surface area contributed by atoms with E-state index in [0.29, 0.717) is 0 Å². The molecule has 29 heavy (non-hydrogen) atoms. The van der Waals surface area contributed by atoms with E-state index in [4.69, 9.17) is 9.47 Å². The minimum atomic E-state index is 0.165. The first-order valence-electron chi connectivity index (χ1n) is 9.95. The maximum Gasteiger partial charge on any atom is 0.122 e. The maximum absolute atomic E-state index is 5.78. The number of hydrogen-bond donors (Lipinski definition) is 0. The largest absolute Gasteiger partial charge is 0.491 e. The second kappa shape index (κ2) is 11.1. The van der Waals surface area contributed by atoms with Crippen molar-refractivity contribution >= 4 is 17.9 Å². The van der Waals surface area contributed by atoms with Crippen LogP contribution in [0.5, 0.6) is 11.5 Å². The van der Waals surface area contributed by atoms with Gasteiger partial charge in [-0.2, -0.15) is 0 Å². The molecular weight excluding hydrogens is 358 g/mol. The summed E-state index contributed by atoms with van der Waals surface area (Å²) in [7, 11) is 0. The summed E-state index contributed by atoms with van der Waals surface area (Å²) >= 11 is 0. The molecule has 0 atom stereocenters. The fraction of sp³-hybridized carbons (Fsp3) is 0.269. The van der Waals surface area contributed by atoms with E-state index >= 15 is 0 Å². The van der Waals surface area contributed by atoms with Gasteiger partial charge in [0.15, 0.2) is 0 Å². The van der Waals surface area contributed by atoms with Crippen molar-refractivity contribution < 1.29 is 9.47 Å². The molecule has 0 aromatic heterocycles. The summed E-state index contributed by atoms with van der Waals surface area (Å²) < 4.78 is 11.4. The molecule has 0 unspecified atom stereocenters. The van der Waals surface area contributed by atoms with Crippen molar-refractivity contribution in [2.24, 2.45) is 4.99 Å². The lowest BCUT2D eigenvalue weighted by Gasteiger charge is -2.13. The second-order valence-electron chi connectivity index (χ2n) is 7.38. The van der Waals surface area contributed by atoms with Crippen LogP contribution in [-0.2, 0) is 0 Å². The predicted octanol–water partition coefficient (Wildman–Crippen LogP) is 6.88. The lowest BCUT2D eigenvalue weighted by atomic mass is 10.0. The number of hydrogen-bond acceptors (Lipinski definition) is 3. The predicted molar refractivity (Wildman–Crippen MR) is 125 cm³/mol. The van der Waals surface area contributed by atoms with Gasteiger partial charge in [0.1, 0.15) is 11.5 Å². The summed E-state index contributed by atoms with van der Waals surface area (Å²) in [5.74, 6) is 1.79. The Balaban J connectivity index is 1.88. The number of aryl methyl sites for hydroxylation is 1. The van der Waals surface area contributed by atoms with Crippen LogP contribution in [0.25, 0.3) is 11.6 Å². The molecule has 0 radical (unpaired) electrons. The number of rotatable bonds is 9. The molecule has 0 aliphatic rings. The van der Waals surface area contributed by atoms with Gasteiger partial charge >= 0.3 is 0 Å². The fourth-order valence-electron chi connectivity index (χ4n) is 2.65. The van der Waals surface area contributed by atoms with Gasteiger partial charge in [0, 0.05) is 12.4 Å². The van der Waals surface area contributed by atoms with Crippen LogP contribution in [0.15, 0.2) is 72.4 Å². The second-order valence-corrected chi connectivity index (χ2v) is 7.38. The van der Waals surface area contributed by atoms with Gasteiger partial charge in [-0.1, -0.05) is 30.9 Å². The fourth-order valence-corrected chi connectivity index (χ4v) is 2.65. The molecule has 0 saturated carbocycles. The van der Waals surface area contributed by atoms with Gasteiger partial charge in [0.25, 0.3) is 0 Å². The summed E-state index contributed by atoms with van der Waals surface area (Å²) in [6.07, 6.45) is 9.66. The third-order valence-corrected chi connectivity index (χ3v) is 3.98. The van der Waals surface area contributed by atoms with Crippen LogP contribution in [-0.4, -0.2) is 18.4 Å². The highest BCUT2D eigenvalue weighted by molar-refractivity contribution is 5.81. The number of benzene rings is 2. The van der Waals surface area contributed by atoms with Crippen molar-refractivity contribution in [3.05, 3.63) is 84.1 Å². The van der Waals surface area contributed by atoms with E-state index in [1.165, 1.54) is 0 Å². The zero-order valence-corrected chi connectivity index (χ0v) is 18.1. The lowest BCUT2D eigenvalue weighted by Crippen LogP contribution is -2.06. The quantitative estimate of drug-likeness (QED) is 0.346. The highest BCUT2D eigenvalue weighted by atomic mass is 16.5. The van der Waals surface area contributed by atoms with Crippen molar-refractivity contribution in [3.63, 3.8) is 0 Å². The molecule has 2 aromatic carbocycles. The number of aliphatic imine (C=N–C) groups is 1. The SMILES string of the molecule is C=C(\C=C/C=N\C=C\c1ccc(OC(C)C)cc1)c1ccc(OC(C)C)c(C)c1. The van der Waals surface area contributed by atoms with E-state index in [1.807, 2.05) is 89.2 Å². The molecule has 0 aliphatic heterocycles. The first kappa shape index (κ1) is 22.2. The molecular formula is C26H31NO2. The number of allylic oxidation sites excluding steroid dienone is 3. The molecule has 0 heterocycles. The zero-order chi connectivity index (χ0) is 21.2. The molecule has 2 rings (SSSR count). The molecule has 0 fully saturated rings. The van der Waals surface area contributed by atoms with E-state index in [1.54, 1.807) is 12.4 Å². The minimum absolute atomic E-state index is 0.165. The summed E-state index contributed by atoms with van der Waals surface area (Å²) in [6.45, 7) is 14.3. The summed E-state index contributed by atoms with van der Waals surface area (Å²) in [5.41, 5.74) is 4.18. The van der Waals surface area contributed by atoms with Crippen LogP contribution < -0.4 is 9.47 Å². The number of nitrogens with zero attached hydrogens (tertiary/aromatic N) is 1. The minimum Gasteiger partial charge on any atom is -0.491 e. The van der Waals surface area contributed by atoms with Crippen LogP contribution in [0.4, 0.5) is 0 Å². The summed E-state index contributed by atoms with van der Waals surface area (Å²) in [5, 5.41) is 0. The molecule has 3 heteroatoms. The maximum atomic E-state index is 5.78. The van der Waals surface area contributed by atoms with Gasteiger partial charge in [-0.3, -0.25) is 4.99 Å². The monoisotopic (exact) mass is 389 g/mol. The van der Waals surface area contributed by atoms with Crippen LogP contribution in [0.3, 0.4) is 0 Å². The molecule has 0 aliphatic carbocycles. The highest BCUT2D eigenvalue weighted by Crippen LogP contribution is 2.24. The Morgan fingerprint density at radius 3 is 2.28 bits per heavy atom. The first-order valence-corrected chi connectivity index (χ1v) is 9.95. The lowest BCUT2D eigenvalue weighted by molar-refractivity contribution is 0.240. The van der Waals surface area contributed by atoms with E-state index < -0.39 is 0 Å². The highest BCUT2D eigenvalue weighted by Gasteiger charge is 2.04. The number of ether oxygens (including phenoxy) is 2. The molecule has 3 nitrogen and oxygen atoms in total. The van der Waals surface area contributed by atoms with Crippen molar-refractivity contribution in [3.8, 4) is 11.5 Å². The van der Waals surface area contributed by atoms with E-state index in [-0.39, 0.29) is 12.2 Å². The molecule has 2 aromatic rings. The normalized spacial score (nSPS) is 12.0. The Bertz CT molecular complexity index is 887. The third-order valence-electron chi connectivity index (χ3n) is 3.98. The Hall–Kier alpha value is -3.07. The van der Waals surface area contributed by atoms with Crippen molar-refractivity contribution in [2.45, 2.75) is 46.8 Å². The molecule has 152 valence electrons. The third kappa shape index (κ3) is 7.82. The Morgan fingerprint density at radius 2 is 1.66 bits per heavy atom. The van der Waals surface area contributed by atoms with E-state index in [9.17, 15) is 0 Å². The van der Waals surface area contributed by atoms with Gasteiger partial charge in [-0.15, -0.1) is 0 Å². The van der Waals surface area contributed by atoms with Crippen molar-refractivity contribution in [1.29, 1.82) is 0 Å². The topological polar surface area (TPSA) is 30.8 Å². The van der Waals surface area contributed by atoms with Crippen LogP contribution >= 0.6 is 0 Å². The molecule has 0 bridgehead atoms. The molecule has 0 amide bonds. The van der Waals surface area contributed by atoms with Gasteiger partial charge in [-0.25, -0.2) is 0 Å². The van der Waals surface area contributed by atoms with Crippen molar-refractivity contribution in [2.75, 3.05) is 0 Å². The van der Waals surface area contributed by atoms with Gasteiger partial charge in [-0.05, 0) is 93.3 Å².